The molecular formula is C13H21O2P. The molecule has 0 unspecified atom stereocenters. The first-order chi connectivity index (χ1) is 7.86. The van der Waals surface area contributed by atoms with Gasteiger partial charge in [-0.15, -0.1) is 7.92 Å². The quantitative estimate of drug-likeness (QED) is 0.685. The van der Waals surface area contributed by atoms with Crippen LogP contribution in [0.25, 0.3) is 0 Å². The second-order valence-corrected chi connectivity index (χ2v) is 6.47. The van der Waals surface area contributed by atoms with Crippen LogP contribution in [0.15, 0.2) is 30.3 Å². The van der Waals surface area contributed by atoms with Crippen LogP contribution in [0.5, 0.6) is 0 Å². The number of hydrogen-bond donors (Lipinski definition) is 2. The van der Waals surface area contributed by atoms with E-state index in [0.717, 1.165) is 31.3 Å². The number of aliphatic hydroxyl groups excluding tert-OH is 2. The van der Waals surface area contributed by atoms with E-state index >= 15 is 0 Å². The van der Waals surface area contributed by atoms with Crippen LogP contribution in [0.2, 0.25) is 0 Å². The van der Waals surface area contributed by atoms with Crippen molar-refractivity contribution in [1.82, 2.24) is 0 Å². The van der Waals surface area contributed by atoms with Gasteiger partial charge in [-0.05, 0) is 36.9 Å². The van der Waals surface area contributed by atoms with Crippen molar-refractivity contribution < 1.29 is 10.2 Å². The highest BCUT2D eigenvalue weighted by atomic mass is 31.1. The van der Waals surface area contributed by atoms with E-state index in [9.17, 15) is 0 Å². The second kappa shape index (κ2) is 8.69. The van der Waals surface area contributed by atoms with Crippen LogP contribution in [-0.2, 0) is 6.16 Å². The van der Waals surface area contributed by atoms with Crippen LogP contribution >= 0.6 is 7.92 Å². The van der Waals surface area contributed by atoms with E-state index < -0.39 is 0 Å². The zero-order valence-electron chi connectivity index (χ0n) is 9.68. The topological polar surface area (TPSA) is 40.5 Å². The van der Waals surface area contributed by atoms with Crippen LogP contribution in [0.4, 0.5) is 0 Å². The largest absolute Gasteiger partial charge is 0.396 e. The van der Waals surface area contributed by atoms with E-state index in [0.29, 0.717) is 0 Å². The van der Waals surface area contributed by atoms with Crippen molar-refractivity contribution in [2.24, 2.45) is 0 Å². The number of benzene rings is 1. The molecule has 0 aliphatic heterocycles. The highest BCUT2D eigenvalue weighted by Gasteiger charge is 2.08. The number of hydrogen-bond acceptors (Lipinski definition) is 2. The zero-order valence-corrected chi connectivity index (χ0v) is 10.6. The van der Waals surface area contributed by atoms with Gasteiger partial charge in [-0.25, -0.2) is 0 Å². The molecule has 2 N–H and O–H groups in total. The van der Waals surface area contributed by atoms with Gasteiger partial charge in [0, 0.05) is 13.2 Å². The zero-order chi connectivity index (χ0) is 11.6. The third-order valence-corrected chi connectivity index (χ3v) is 5.22. The Kier molecular flexibility index (Phi) is 7.41. The molecule has 0 bridgehead atoms. The molecule has 0 spiro atoms. The van der Waals surface area contributed by atoms with Gasteiger partial charge in [0.1, 0.15) is 0 Å². The molecule has 16 heavy (non-hydrogen) atoms. The van der Waals surface area contributed by atoms with Gasteiger partial charge < -0.3 is 10.2 Å². The minimum atomic E-state index is -0.0687. The lowest BCUT2D eigenvalue weighted by molar-refractivity contribution is 0.294. The first-order valence-corrected chi connectivity index (χ1v) is 7.74. The molecule has 0 radical (unpaired) electrons. The molecule has 0 aliphatic rings. The van der Waals surface area contributed by atoms with Crippen LogP contribution < -0.4 is 0 Å². The Hall–Kier alpha value is -0.430. The summed E-state index contributed by atoms with van der Waals surface area (Å²) in [6, 6.07) is 10.5. The van der Waals surface area contributed by atoms with Crippen molar-refractivity contribution in [2.45, 2.75) is 19.0 Å². The van der Waals surface area contributed by atoms with Gasteiger partial charge in [0.15, 0.2) is 0 Å². The van der Waals surface area contributed by atoms with Gasteiger partial charge in [0.05, 0.1) is 0 Å². The first-order valence-electron chi connectivity index (χ1n) is 5.85. The Bertz CT molecular complexity index is 256. The molecule has 0 aromatic heterocycles. The van der Waals surface area contributed by atoms with Gasteiger partial charge in [-0.1, -0.05) is 30.3 Å². The fourth-order valence-electron chi connectivity index (χ4n) is 1.70. The molecule has 0 atom stereocenters. The summed E-state index contributed by atoms with van der Waals surface area (Å²) in [5, 5.41) is 17.7. The molecule has 0 fully saturated rings. The second-order valence-electron chi connectivity index (χ2n) is 3.92. The molecule has 0 heterocycles. The molecule has 0 amide bonds. The van der Waals surface area contributed by atoms with Gasteiger partial charge in [-0.2, -0.15) is 0 Å². The SMILES string of the molecule is OCCCP(CCCO)Cc1ccccc1. The minimum Gasteiger partial charge on any atom is -0.396 e. The minimum absolute atomic E-state index is 0.0687. The smallest absolute Gasteiger partial charge is 0.0434 e. The van der Waals surface area contributed by atoms with E-state index in [1.807, 2.05) is 6.07 Å². The number of rotatable bonds is 8. The molecule has 90 valence electrons. The van der Waals surface area contributed by atoms with E-state index in [4.69, 9.17) is 10.2 Å². The average molecular weight is 240 g/mol. The van der Waals surface area contributed by atoms with E-state index in [1.54, 1.807) is 0 Å². The first kappa shape index (κ1) is 13.6. The molecule has 1 rings (SSSR count). The molecule has 0 saturated heterocycles. The van der Waals surface area contributed by atoms with Gasteiger partial charge in [-0.3, -0.25) is 0 Å². The fraction of sp³-hybridized carbons (Fsp3) is 0.538. The average Bonchev–Trinajstić information content (AvgIpc) is 2.34. The standard InChI is InChI=1S/C13H21O2P/c14-8-4-10-16(11-5-9-15)12-13-6-2-1-3-7-13/h1-3,6-7,14-15H,4-5,8-12H2. The van der Waals surface area contributed by atoms with Crippen molar-refractivity contribution in [3.8, 4) is 0 Å². The summed E-state index contributed by atoms with van der Waals surface area (Å²) in [6.07, 6.45) is 5.13. The van der Waals surface area contributed by atoms with Crippen LogP contribution in [-0.4, -0.2) is 35.8 Å². The third-order valence-electron chi connectivity index (χ3n) is 2.51. The van der Waals surface area contributed by atoms with E-state index in [2.05, 4.69) is 24.3 Å². The van der Waals surface area contributed by atoms with Crippen molar-refractivity contribution in [1.29, 1.82) is 0 Å². The highest BCUT2D eigenvalue weighted by molar-refractivity contribution is 7.56. The Morgan fingerprint density at radius 1 is 0.875 bits per heavy atom. The van der Waals surface area contributed by atoms with Crippen molar-refractivity contribution in [2.75, 3.05) is 25.5 Å². The summed E-state index contributed by atoms with van der Waals surface area (Å²) < 4.78 is 0. The Morgan fingerprint density at radius 3 is 1.94 bits per heavy atom. The van der Waals surface area contributed by atoms with Crippen LogP contribution in [0.3, 0.4) is 0 Å². The van der Waals surface area contributed by atoms with Crippen LogP contribution in [0, 0.1) is 0 Å². The summed E-state index contributed by atoms with van der Waals surface area (Å²) >= 11 is 0. The van der Waals surface area contributed by atoms with Crippen molar-refractivity contribution in [3.05, 3.63) is 35.9 Å². The highest BCUT2D eigenvalue weighted by Crippen LogP contribution is 2.40. The maximum Gasteiger partial charge on any atom is 0.0434 e. The Labute approximate surface area is 99.1 Å². The van der Waals surface area contributed by atoms with E-state index in [-0.39, 0.29) is 21.1 Å². The molecule has 0 saturated carbocycles. The third kappa shape index (κ3) is 5.60. The summed E-state index contributed by atoms with van der Waals surface area (Å²) in [7, 11) is -0.0687. The Balaban J connectivity index is 2.42. The maximum absolute atomic E-state index is 8.87. The molecule has 1 aromatic rings. The summed E-state index contributed by atoms with van der Waals surface area (Å²) in [6.45, 7) is 0.569. The molecule has 1 aromatic carbocycles. The predicted molar refractivity (Wildman–Crippen MR) is 70.2 cm³/mol. The Morgan fingerprint density at radius 2 is 1.44 bits per heavy atom. The van der Waals surface area contributed by atoms with Gasteiger partial charge >= 0.3 is 0 Å². The molecule has 2 nitrogen and oxygen atoms in total. The summed E-state index contributed by atoms with van der Waals surface area (Å²) in [5.41, 5.74) is 1.38. The normalized spacial score (nSPS) is 10.9. The molecule has 0 aliphatic carbocycles. The maximum atomic E-state index is 8.87. The van der Waals surface area contributed by atoms with Crippen molar-refractivity contribution in [3.63, 3.8) is 0 Å². The summed E-state index contributed by atoms with van der Waals surface area (Å²) in [4.78, 5) is 0. The van der Waals surface area contributed by atoms with Crippen molar-refractivity contribution >= 4 is 7.92 Å². The summed E-state index contributed by atoms with van der Waals surface area (Å²) in [5.74, 6) is 0. The number of aliphatic hydroxyl groups is 2. The fourth-order valence-corrected chi connectivity index (χ4v) is 4.14. The van der Waals surface area contributed by atoms with Crippen LogP contribution in [0.1, 0.15) is 18.4 Å². The van der Waals surface area contributed by atoms with Gasteiger partial charge in [0.25, 0.3) is 0 Å². The molecular weight excluding hydrogens is 219 g/mol. The molecule has 3 heteroatoms. The lowest BCUT2D eigenvalue weighted by Crippen LogP contribution is -1.98. The van der Waals surface area contributed by atoms with E-state index in [1.165, 1.54) is 5.56 Å². The lowest BCUT2D eigenvalue weighted by Gasteiger charge is -2.16. The van der Waals surface area contributed by atoms with Gasteiger partial charge in [0.2, 0.25) is 0 Å². The lowest BCUT2D eigenvalue weighted by atomic mass is 10.2. The monoisotopic (exact) mass is 240 g/mol. The predicted octanol–water partition coefficient (Wildman–Crippen LogP) is 2.43.